The van der Waals surface area contributed by atoms with Gasteiger partial charge in [0.15, 0.2) is 17.2 Å². The number of nitrogens with one attached hydrogen (secondary N) is 1. The fourth-order valence-electron chi connectivity index (χ4n) is 3.03. The standard InChI is InChI=1S/C19H17BrN4O3S/c1-25-14-9-10(20)8-12(16(14)26-2)17-21-13-7-5-4-6-11(13)15-18(27-17)22-19(28-3)24-23-15/h4-9,17,21H,1-3H3/t17-/m0/s1. The summed E-state index contributed by atoms with van der Waals surface area (Å²) >= 11 is 4.94. The molecular formula is C19H17BrN4O3S. The summed E-state index contributed by atoms with van der Waals surface area (Å²) in [6, 6.07) is 11.6. The number of thioether (sulfide) groups is 1. The molecule has 0 saturated heterocycles. The van der Waals surface area contributed by atoms with Crippen molar-refractivity contribution >= 4 is 33.4 Å². The number of fused-ring (bicyclic) bond motifs is 3. The van der Waals surface area contributed by atoms with Gasteiger partial charge in [0.1, 0.15) is 0 Å². The van der Waals surface area contributed by atoms with Gasteiger partial charge in [-0.15, -0.1) is 10.2 Å². The average Bonchev–Trinajstić information content (AvgIpc) is 2.89. The van der Waals surface area contributed by atoms with Crippen LogP contribution in [-0.4, -0.2) is 35.7 Å². The highest BCUT2D eigenvalue weighted by Gasteiger charge is 2.29. The summed E-state index contributed by atoms with van der Waals surface area (Å²) in [7, 11) is 3.20. The topological polar surface area (TPSA) is 78.4 Å². The molecule has 9 heteroatoms. The lowest BCUT2D eigenvalue weighted by Gasteiger charge is -2.22. The number of benzene rings is 2. The van der Waals surface area contributed by atoms with E-state index < -0.39 is 6.23 Å². The number of hydrogen-bond acceptors (Lipinski definition) is 8. The summed E-state index contributed by atoms with van der Waals surface area (Å²) < 4.78 is 18.2. The van der Waals surface area contributed by atoms with Gasteiger partial charge in [-0.2, -0.15) is 4.98 Å². The largest absolute Gasteiger partial charge is 0.493 e. The molecule has 2 heterocycles. The minimum absolute atomic E-state index is 0.405. The summed E-state index contributed by atoms with van der Waals surface area (Å²) in [4.78, 5) is 4.53. The van der Waals surface area contributed by atoms with Crippen molar-refractivity contribution in [2.24, 2.45) is 0 Å². The van der Waals surface area contributed by atoms with Gasteiger partial charge in [-0.25, -0.2) is 0 Å². The molecule has 2 aromatic carbocycles. The third-order valence-electron chi connectivity index (χ3n) is 4.27. The molecule has 0 unspecified atom stereocenters. The van der Waals surface area contributed by atoms with Gasteiger partial charge in [0.05, 0.1) is 19.8 Å². The second-order valence-electron chi connectivity index (χ2n) is 5.87. The van der Waals surface area contributed by atoms with E-state index in [1.165, 1.54) is 11.8 Å². The number of hydrogen-bond donors (Lipinski definition) is 1. The second kappa shape index (κ2) is 7.84. The van der Waals surface area contributed by atoms with E-state index in [2.05, 4.69) is 36.4 Å². The Hall–Kier alpha value is -2.52. The van der Waals surface area contributed by atoms with E-state index in [9.17, 15) is 0 Å². The second-order valence-corrected chi connectivity index (χ2v) is 7.56. The van der Waals surface area contributed by atoms with E-state index in [-0.39, 0.29) is 0 Å². The minimum Gasteiger partial charge on any atom is -0.493 e. The van der Waals surface area contributed by atoms with Crippen LogP contribution in [-0.2, 0) is 0 Å². The molecule has 1 atom stereocenters. The van der Waals surface area contributed by atoms with Crippen LogP contribution in [0.1, 0.15) is 11.8 Å². The summed E-state index contributed by atoms with van der Waals surface area (Å²) in [5.41, 5.74) is 3.08. The maximum atomic E-state index is 6.27. The van der Waals surface area contributed by atoms with Crippen molar-refractivity contribution in [2.45, 2.75) is 11.4 Å². The van der Waals surface area contributed by atoms with Gasteiger partial charge in [-0.1, -0.05) is 45.9 Å². The van der Waals surface area contributed by atoms with Crippen LogP contribution in [0.3, 0.4) is 0 Å². The van der Waals surface area contributed by atoms with Crippen LogP contribution in [0.2, 0.25) is 0 Å². The van der Waals surface area contributed by atoms with Crippen LogP contribution in [0.4, 0.5) is 5.69 Å². The minimum atomic E-state index is -0.574. The maximum absolute atomic E-state index is 6.27. The zero-order valence-corrected chi connectivity index (χ0v) is 17.8. The number of rotatable bonds is 4. The predicted molar refractivity (Wildman–Crippen MR) is 111 cm³/mol. The molecule has 3 aromatic rings. The monoisotopic (exact) mass is 460 g/mol. The molecule has 1 aromatic heterocycles. The van der Waals surface area contributed by atoms with Crippen molar-refractivity contribution in [1.29, 1.82) is 0 Å². The number of methoxy groups -OCH3 is 2. The van der Waals surface area contributed by atoms with Gasteiger partial charge >= 0.3 is 0 Å². The molecule has 0 radical (unpaired) electrons. The zero-order valence-electron chi connectivity index (χ0n) is 15.4. The Kier molecular flexibility index (Phi) is 5.27. The third-order valence-corrected chi connectivity index (χ3v) is 5.27. The van der Waals surface area contributed by atoms with Crippen LogP contribution in [0.15, 0.2) is 46.0 Å². The van der Waals surface area contributed by atoms with Crippen molar-refractivity contribution in [2.75, 3.05) is 25.8 Å². The van der Waals surface area contributed by atoms with Crippen molar-refractivity contribution < 1.29 is 14.2 Å². The summed E-state index contributed by atoms with van der Waals surface area (Å²) in [5, 5.41) is 12.5. The molecule has 4 rings (SSSR count). The average molecular weight is 461 g/mol. The smallest absolute Gasteiger partial charge is 0.247 e. The highest BCUT2D eigenvalue weighted by molar-refractivity contribution is 9.10. The number of nitrogens with zero attached hydrogens (tertiary/aromatic N) is 3. The zero-order chi connectivity index (χ0) is 19.7. The van der Waals surface area contributed by atoms with Gasteiger partial charge in [0.2, 0.25) is 17.3 Å². The number of para-hydroxylation sites is 1. The molecule has 144 valence electrons. The van der Waals surface area contributed by atoms with Crippen molar-refractivity contribution in [3.8, 4) is 28.6 Å². The van der Waals surface area contributed by atoms with Gasteiger partial charge in [-0.05, 0) is 24.5 Å². The Morgan fingerprint density at radius 2 is 1.96 bits per heavy atom. The van der Waals surface area contributed by atoms with E-state index >= 15 is 0 Å². The first-order chi connectivity index (χ1) is 13.6. The van der Waals surface area contributed by atoms with E-state index in [1.807, 2.05) is 42.7 Å². The van der Waals surface area contributed by atoms with Crippen LogP contribution in [0, 0.1) is 0 Å². The number of anilines is 1. The van der Waals surface area contributed by atoms with Crippen LogP contribution in [0.5, 0.6) is 17.4 Å². The first kappa shape index (κ1) is 18.8. The van der Waals surface area contributed by atoms with Crippen molar-refractivity contribution in [1.82, 2.24) is 15.2 Å². The van der Waals surface area contributed by atoms with Gasteiger partial charge in [0, 0.05) is 15.7 Å². The van der Waals surface area contributed by atoms with E-state index in [1.54, 1.807) is 14.2 Å². The van der Waals surface area contributed by atoms with Crippen LogP contribution in [0.25, 0.3) is 11.3 Å². The molecular weight excluding hydrogens is 444 g/mol. The third kappa shape index (κ3) is 3.35. The van der Waals surface area contributed by atoms with Crippen LogP contribution < -0.4 is 19.5 Å². The molecule has 28 heavy (non-hydrogen) atoms. The summed E-state index contributed by atoms with van der Waals surface area (Å²) in [6.07, 6.45) is 1.32. The highest BCUT2D eigenvalue weighted by Crippen LogP contribution is 2.44. The molecule has 0 amide bonds. The molecule has 0 spiro atoms. The molecule has 1 aliphatic rings. The Balaban J connectivity index is 1.90. The van der Waals surface area contributed by atoms with Crippen molar-refractivity contribution in [3.63, 3.8) is 0 Å². The van der Waals surface area contributed by atoms with E-state index in [0.29, 0.717) is 28.2 Å². The molecule has 0 bridgehead atoms. The predicted octanol–water partition coefficient (Wildman–Crippen LogP) is 4.54. The fraction of sp³-hybridized carbons (Fsp3) is 0.211. The fourth-order valence-corrected chi connectivity index (χ4v) is 3.78. The van der Waals surface area contributed by atoms with Crippen molar-refractivity contribution in [3.05, 3.63) is 46.4 Å². The van der Waals surface area contributed by atoms with Gasteiger partial charge < -0.3 is 19.5 Å². The Morgan fingerprint density at radius 1 is 1.14 bits per heavy atom. The highest BCUT2D eigenvalue weighted by atomic mass is 79.9. The maximum Gasteiger partial charge on any atom is 0.247 e. The van der Waals surface area contributed by atoms with Gasteiger partial charge in [0.25, 0.3) is 0 Å². The first-order valence-corrected chi connectivity index (χ1v) is 10.4. The first-order valence-electron chi connectivity index (χ1n) is 8.37. The van der Waals surface area contributed by atoms with Gasteiger partial charge in [-0.3, -0.25) is 0 Å². The van der Waals surface area contributed by atoms with E-state index in [0.717, 1.165) is 21.3 Å². The summed E-state index contributed by atoms with van der Waals surface area (Å²) in [5.74, 6) is 1.58. The lowest BCUT2D eigenvalue weighted by molar-refractivity contribution is 0.218. The lowest BCUT2D eigenvalue weighted by atomic mass is 10.1. The quantitative estimate of drug-likeness (QED) is 0.568. The molecule has 7 nitrogen and oxygen atoms in total. The lowest BCUT2D eigenvalue weighted by Crippen LogP contribution is -2.18. The Morgan fingerprint density at radius 3 is 2.71 bits per heavy atom. The number of aromatic nitrogens is 3. The molecule has 0 fully saturated rings. The van der Waals surface area contributed by atoms with Crippen LogP contribution >= 0.6 is 27.7 Å². The number of ether oxygens (including phenoxy) is 3. The molecule has 0 aliphatic carbocycles. The number of halogens is 1. The molecule has 0 saturated carbocycles. The summed E-state index contributed by atoms with van der Waals surface area (Å²) in [6.45, 7) is 0. The SMILES string of the molecule is COc1cc(Br)cc([C@H]2Nc3ccccc3-c3nnc(SC)nc3O2)c1OC. The van der Waals surface area contributed by atoms with E-state index in [4.69, 9.17) is 14.2 Å². The molecule has 1 aliphatic heterocycles. The molecule has 1 N–H and O–H groups in total. The normalized spacial score (nSPS) is 14.8. The Labute approximate surface area is 175 Å². The Bertz CT molecular complexity index is 1030.